The predicted molar refractivity (Wildman–Crippen MR) is 65.5 cm³/mol. The third kappa shape index (κ3) is 3.07. The molecule has 0 amide bonds. The van der Waals surface area contributed by atoms with E-state index in [9.17, 15) is 18.9 Å². The number of benzene rings is 2. The van der Waals surface area contributed by atoms with Crippen LogP contribution in [0.1, 0.15) is 5.56 Å². The van der Waals surface area contributed by atoms with Gasteiger partial charge in [-0.2, -0.15) is 0 Å². The van der Waals surface area contributed by atoms with Crippen molar-refractivity contribution in [1.82, 2.24) is 0 Å². The highest BCUT2D eigenvalue weighted by molar-refractivity contribution is 5.45. The molecule has 2 aromatic carbocycles. The minimum atomic E-state index is -0.813. The molecule has 0 saturated heterocycles. The fourth-order valence-electron chi connectivity index (χ4n) is 1.62. The molecule has 0 saturated carbocycles. The summed E-state index contributed by atoms with van der Waals surface area (Å²) in [5.74, 6) is -1.64. The number of non-ortho nitro benzene ring substituents is 1. The standard InChI is InChI=1S/C13H9F2NO4/c14-9-4-10(15)6-12(5-9)20-13-2-1-11(16(18)19)3-8(13)7-17/h1-6,17H,7H2. The Morgan fingerprint density at radius 3 is 2.35 bits per heavy atom. The van der Waals surface area contributed by atoms with E-state index < -0.39 is 23.2 Å². The van der Waals surface area contributed by atoms with Gasteiger partial charge >= 0.3 is 0 Å². The third-order valence-corrected chi connectivity index (χ3v) is 2.49. The highest BCUT2D eigenvalue weighted by Crippen LogP contribution is 2.29. The summed E-state index contributed by atoms with van der Waals surface area (Å²) >= 11 is 0. The van der Waals surface area contributed by atoms with Gasteiger partial charge in [0.05, 0.1) is 11.5 Å². The molecule has 20 heavy (non-hydrogen) atoms. The van der Waals surface area contributed by atoms with Gasteiger partial charge in [-0.25, -0.2) is 8.78 Å². The monoisotopic (exact) mass is 281 g/mol. The van der Waals surface area contributed by atoms with Crippen LogP contribution in [0.5, 0.6) is 11.5 Å². The smallest absolute Gasteiger partial charge is 0.270 e. The van der Waals surface area contributed by atoms with Crippen LogP contribution in [0, 0.1) is 21.7 Å². The fraction of sp³-hybridized carbons (Fsp3) is 0.0769. The van der Waals surface area contributed by atoms with E-state index in [0.29, 0.717) is 6.07 Å². The Hall–Kier alpha value is -2.54. The molecule has 0 radical (unpaired) electrons. The molecule has 7 heteroatoms. The van der Waals surface area contributed by atoms with Crippen LogP contribution in [0.2, 0.25) is 0 Å². The van der Waals surface area contributed by atoms with Crippen molar-refractivity contribution in [2.45, 2.75) is 6.61 Å². The normalized spacial score (nSPS) is 10.3. The Morgan fingerprint density at radius 1 is 1.15 bits per heavy atom. The average Bonchev–Trinajstić information content (AvgIpc) is 2.37. The highest BCUT2D eigenvalue weighted by Gasteiger charge is 2.12. The van der Waals surface area contributed by atoms with Crippen molar-refractivity contribution in [3.05, 3.63) is 63.7 Å². The topological polar surface area (TPSA) is 72.6 Å². The molecule has 104 valence electrons. The Bertz CT molecular complexity index is 641. The first-order valence-corrected chi connectivity index (χ1v) is 5.51. The molecule has 0 aliphatic heterocycles. The first-order chi connectivity index (χ1) is 9.49. The average molecular weight is 281 g/mol. The second-order valence-corrected chi connectivity index (χ2v) is 3.91. The molecule has 1 N–H and O–H groups in total. The summed E-state index contributed by atoms with van der Waals surface area (Å²) in [7, 11) is 0. The van der Waals surface area contributed by atoms with Crippen molar-refractivity contribution in [3.8, 4) is 11.5 Å². The van der Waals surface area contributed by atoms with Crippen LogP contribution >= 0.6 is 0 Å². The number of nitrogens with zero attached hydrogens (tertiary/aromatic N) is 1. The zero-order chi connectivity index (χ0) is 14.7. The summed E-state index contributed by atoms with van der Waals surface area (Å²) in [5.41, 5.74) is -0.0734. The molecular formula is C13H9F2NO4. The van der Waals surface area contributed by atoms with Crippen molar-refractivity contribution in [2.24, 2.45) is 0 Å². The Labute approximate surface area is 112 Å². The van der Waals surface area contributed by atoms with Gasteiger partial charge in [-0.1, -0.05) is 0 Å². The van der Waals surface area contributed by atoms with E-state index >= 15 is 0 Å². The maximum atomic E-state index is 13.0. The number of halogens is 2. The van der Waals surface area contributed by atoms with E-state index in [4.69, 9.17) is 9.84 Å². The molecule has 0 aromatic heterocycles. The molecule has 0 atom stereocenters. The summed E-state index contributed by atoms with van der Waals surface area (Å²) in [4.78, 5) is 9.99. The molecule has 0 spiro atoms. The molecule has 2 aromatic rings. The summed E-state index contributed by atoms with van der Waals surface area (Å²) in [6, 6.07) is 6.18. The van der Waals surface area contributed by atoms with Crippen molar-refractivity contribution >= 4 is 5.69 Å². The summed E-state index contributed by atoms with van der Waals surface area (Å²) in [6.07, 6.45) is 0. The molecular weight excluding hydrogens is 272 g/mol. The lowest BCUT2D eigenvalue weighted by Crippen LogP contribution is -1.95. The van der Waals surface area contributed by atoms with E-state index in [2.05, 4.69) is 0 Å². The van der Waals surface area contributed by atoms with Crippen molar-refractivity contribution < 1.29 is 23.5 Å². The minimum absolute atomic E-state index is 0.0862. The Morgan fingerprint density at radius 2 is 1.80 bits per heavy atom. The van der Waals surface area contributed by atoms with Crippen LogP contribution in [0.3, 0.4) is 0 Å². The first kappa shape index (κ1) is 13.9. The van der Waals surface area contributed by atoms with E-state index in [1.54, 1.807) is 0 Å². The zero-order valence-corrected chi connectivity index (χ0v) is 10.0. The second-order valence-electron chi connectivity index (χ2n) is 3.91. The molecule has 0 aliphatic rings. The van der Waals surface area contributed by atoms with E-state index in [1.165, 1.54) is 12.1 Å². The van der Waals surface area contributed by atoms with E-state index in [-0.39, 0.29) is 22.7 Å². The molecule has 0 fully saturated rings. The van der Waals surface area contributed by atoms with Gasteiger partial charge in [0.15, 0.2) is 0 Å². The van der Waals surface area contributed by atoms with Crippen LogP contribution < -0.4 is 4.74 Å². The molecule has 0 bridgehead atoms. The van der Waals surface area contributed by atoms with Gasteiger partial charge in [-0.3, -0.25) is 10.1 Å². The van der Waals surface area contributed by atoms with E-state index in [1.807, 2.05) is 0 Å². The van der Waals surface area contributed by atoms with Gasteiger partial charge in [0.1, 0.15) is 23.1 Å². The number of hydrogen-bond donors (Lipinski definition) is 1. The Kier molecular flexibility index (Phi) is 3.90. The number of rotatable bonds is 4. The van der Waals surface area contributed by atoms with Crippen LogP contribution in [-0.4, -0.2) is 10.0 Å². The van der Waals surface area contributed by atoms with Gasteiger partial charge in [-0.05, 0) is 6.07 Å². The maximum absolute atomic E-state index is 13.0. The van der Waals surface area contributed by atoms with Gasteiger partial charge < -0.3 is 9.84 Å². The summed E-state index contributed by atoms with van der Waals surface area (Å²) in [6.45, 7) is -0.505. The van der Waals surface area contributed by atoms with Gasteiger partial charge in [-0.15, -0.1) is 0 Å². The third-order valence-electron chi connectivity index (χ3n) is 2.49. The van der Waals surface area contributed by atoms with Crippen molar-refractivity contribution in [1.29, 1.82) is 0 Å². The van der Waals surface area contributed by atoms with Gasteiger partial charge in [0.25, 0.3) is 5.69 Å². The molecule has 5 nitrogen and oxygen atoms in total. The molecule has 0 unspecified atom stereocenters. The van der Waals surface area contributed by atoms with Gasteiger partial charge in [0.2, 0.25) is 0 Å². The van der Waals surface area contributed by atoms with Crippen LogP contribution in [0.4, 0.5) is 14.5 Å². The number of aliphatic hydroxyl groups excluding tert-OH is 1. The first-order valence-electron chi connectivity index (χ1n) is 5.51. The number of ether oxygens (including phenoxy) is 1. The SMILES string of the molecule is O=[N+]([O-])c1ccc(Oc2cc(F)cc(F)c2)c(CO)c1. The zero-order valence-electron chi connectivity index (χ0n) is 10.0. The minimum Gasteiger partial charge on any atom is -0.457 e. The van der Waals surface area contributed by atoms with E-state index in [0.717, 1.165) is 18.2 Å². The molecule has 0 heterocycles. The lowest BCUT2D eigenvalue weighted by atomic mass is 10.2. The molecule has 0 aliphatic carbocycles. The summed E-state index contributed by atoms with van der Waals surface area (Å²) in [5, 5.41) is 19.8. The number of hydrogen-bond acceptors (Lipinski definition) is 4. The van der Waals surface area contributed by atoms with Crippen molar-refractivity contribution in [2.75, 3.05) is 0 Å². The number of nitro benzene ring substituents is 1. The molecule has 2 rings (SSSR count). The second kappa shape index (κ2) is 5.62. The number of nitro groups is 1. The fourth-order valence-corrected chi connectivity index (χ4v) is 1.62. The lowest BCUT2D eigenvalue weighted by Gasteiger charge is -2.09. The van der Waals surface area contributed by atoms with Crippen LogP contribution in [-0.2, 0) is 6.61 Å². The van der Waals surface area contributed by atoms with Gasteiger partial charge in [0, 0.05) is 35.9 Å². The van der Waals surface area contributed by atoms with Crippen LogP contribution in [0.25, 0.3) is 0 Å². The largest absolute Gasteiger partial charge is 0.457 e. The van der Waals surface area contributed by atoms with Crippen molar-refractivity contribution in [3.63, 3.8) is 0 Å². The number of aliphatic hydroxyl groups is 1. The lowest BCUT2D eigenvalue weighted by molar-refractivity contribution is -0.385. The summed E-state index contributed by atoms with van der Waals surface area (Å²) < 4.78 is 31.3. The quantitative estimate of drug-likeness (QED) is 0.690. The highest BCUT2D eigenvalue weighted by atomic mass is 19.1. The Balaban J connectivity index is 2.35. The predicted octanol–water partition coefficient (Wildman–Crippen LogP) is 3.16. The van der Waals surface area contributed by atoms with Crippen LogP contribution in [0.15, 0.2) is 36.4 Å². The maximum Gasteiger partial charge on any atom is 0.270 e.